The molecule has 2 heteroatoms. The first-order valence-electron chi connectivity index (χ1n) is 6.52. The Balaban J connectivity index is 2.47. The molecule has 0 N–H and O–H groups in total. The van der Waals surface area contributed by atoms with E-state index in [-0.39, 0.29) is 0 Å². The molecule has 0 saturated heterocycles. The molecule has 0 amide bonds. The maximum Gasteiger partial charge on any atom is 0.155 e. The van der Waals surface area contributed by atoms with Gasteiger partial charge in [0.2, 0.25) is 0 Å². The van der Waals surface area contributed by atoms with E-state index in [0.29, 0.717) is 16.7 Å². The fourth-order valence-corrected chi connectivity index (χ4v) is 5.78. The smallest absolute Gasteiger partial charge is 0.155 e. The van der Waals surface area contributed by atoms with Crippen LogP contribution in [0, 0.1) is 5.92 Å². The number of hydrogen-bond acceptors (Lipinski definition) is 1. The lowest BCUT2D eigenvalue weighted by molar-refractivity contribution is -0.114. The van der Waals surface area contributed by atoms with Crippen LogP contribution in [0.25, 0.3) is 0 Å². The highest BCUT2D eigenvalue weighted by molar-refractivity contribution is 6.91. The van der Waals surface area contributed by atoms with Crippen LogP contribution < -0.4 is 0 Å². The third-order valence-corrected chi connectivity index (χ3v) is 10.6. The first-order valence-corrected chi connectivity index (χ1v) is 9.52. The summed E-state index contributed by atoms with van der Waals surface area (Å²) in [4.78, 5) is 12.3. The first kappa shape index (κ1) is 12.1. The largest absolute Gasteiger partial charge is 0.295 e. The molecule has 90 valence electrons. The molecule has 0 spiro atoms. The second-order valence-electron chi connectivity index (χ2n) is 6.99. The average molecular weight is 236 g/mol. The van der Waals surface area contributed by atoms with E-state index in [0.717, 1.165) is 6.42 Å². The monoisotopic (exact) mass is 236 g/mol. The number of ketones is 1. The molecule has 0 radical (unpaired) electrons. The minimum Gasteiger partial charge on any atom is -0.295 e. The molecule has 2 rings (SSSR count). The molecule has 1 saturated carbocycles. The van der Waals surface area contributed by atoms with E-state index < -0.39 is 8.07 Å². The molecule has 1 unspecified atom stereocenters. The van der Waals surface area contributed by atoms with Gasteiger partial charge in [-0.05, 0) is 35.4 Å². The molecule has 1 nitrogen and oxygen atoms in total. The van der Waals surface area contributed by atoms with Crippen LogP contribution in [-0.4, -0.2) is 13.9 Å². The molecule has 0 bridgehead atoms. The van der Waals surface area contributed by atoms with Crippen molar-refractivity contribution in [1.82, 2.24) is 0 Å². The summed E-state index contributed by atoms with van der Waals surface area (Å²) in [6.07, 6.45) is 4.61. The van der Waals surface area contributed by atoms with E-state index in [9.17, 15) is 4.79 Å². The number of fused-ring (bicyclic) bond motifs is 1. The SMILES string of the molecule is CC(C)(C)[Si](C)(C)C1=C2CCCC2CC1=O. The number of allylic oxidation sites excluding steroid dienone is 2. The van der Waals surface area contributed by atoms with Gasteiger partial charge < -0.3 is 0 Å². The van der Waals surface area contributed by atoms with Crippen molar-refractivity contribution in [2.24, 2.45) is 5.92 Å². The van der Waals surface area contributed by atoms with Gasteiger partial charge in [-0.1, -0.05) is 39.4 Å². The van der Waals surface area contributed by atoms with Gasteiger partial charge in [0.1, 0.15) is 0 Å². The van der Waals surface area contributed by atoms with Crippen LogP contribution in [0.1, 0.15) is 46.5 Å². The van der Waals surface area contributed by atoms with Crippen LogP contribution in [0.5, 0.6) is 0 Å². The first-order chi connectivity index (χ1) is 7.25. The number of carbonyl (C=O) groups is 1. The predicted molar refractivity (Wildman–Crippen MR) is 71.2 cm³/mol. The van der Waals surface area contributed by atoms with Gasteiger partial charge in [0, 0.05) is 6.42 Å². The zero-order chi connectivity index (χ0) is 12.1. The Hall–Kier alpha value is -0.373. The van der Waals surface area contributed by atoms with E-state index >= 15 is 0 Å². The zero-order valence-corrected chi connectivity index (χ0v) is 12.3. The standard InChI is InChI=1S/C14H24OSi/c1-14(2,3)16(4,5)13-11-8-6-7-10(11)9-12(13)15/h10H,6-9H2,1-5H3. The Morgan fingerprint density at radius 3 is 2.44 bits per heavy atom. The summed E-state index contributed by atoms with van der Waals surface area (Å²) in [5, 5.41) is 1.62. The van der Waals surface area contributed by atoms with Gasteiger partial charge in [0.15, 0.2) is 5.78 Å². The zero-order valence-electron chi connectivity index (χ0n) is 11.3. The van der Waals surface area contributed by atoms with Crippen LogP contribution in [0.4, 0.5) is 0 Å². The van der Waals surface area contributed by atoms with E-state index in [1.807, 2.05) is 0 Å². The Morgan fingerprint density at radius 1 is 1.25 bits per heavy atom. The van der Waals surface area contributed by atoms with Gasteiger partial charge >= 0.3 is 0 Å². The fraction of sp³-hybridized carbons (Fsp3) is 0.786. The summed E-state index contributed by atoms with van der Waals surface area (Å²) >= 11 is 0. The van der Waals surface area contributed by atoms with Crippen LogP contribution in [0.3, 0.4) is 0 Å². The van der Waals surface area contributed by atoms with Crippen molar-refractivity contribution in [1.29, 1.82) is 0 Å². The fourth-order valence-electron chi connectivity index (χ4n) is 3.10. The number of rotatable bonds is 1. The summed E-state index contributed by atoms with van der Waals surface area (Å²) in [6, 6.07) is 0. The van der Waals surface area contributed by atoms with Crippen molar-refractivity contribution < 1.29 is 4.79 Å². The number of carbonyl (C=O) groups excluding carboxylic acids is 1. The molecule has 0 aromatic heterocycles. The molecule has 1 fully saturated rings. The number of hydrogen-bond donors (Lipinski definition) is 0. The number of Topliss-reactive ketones (excluding diaryl/α,β-unsaturated/α-hetero) is 1. The second-order valence-corrected chi connectivity index (χ2v) is 12.2. The molecule has 0 aromatic carbocycles. The van der Waals surface area contributed by atoms with Crippen molar-refractivity contribution in [2.75, 3.05) is 0 Å². The van der Waals surface area contributed by atoms with Gasteiger partial charge in [-0.3, -0.25) is 4.79 Å². The van der Waals surface area contributed by atoms with Crippen molar-refractivity contribution in [3.8, 4) is 0 Å². The van der Waals surface area contributed by atoms with Crippen LogP contribution in [0.2, 0.25) is 18.1 Å². The summed E-state index contributed by atoms with van der Waals surface area (Å²) in [6.45, 7) is 11.7. The maximum atomic E-state index is 12.3. The lowest BCUT2D eigenvalue weighted by atomic mass is 10.1. The molecular formula is C14H24OSi. The van der Waals surface area contributed by atoms with Crippen LogP contribution >= 0.6 is 0 Å². The minimum atomic E-state index is -1.59. The Bertz CT molecular complexity index is 357. The van der Waals surface area contributed by atoms with Gasteiger partial charge in [0.25, 0.3) is 0 Å². The molecule has 0 heterocycles. The highest BCUT2D eigenvalue weighted by Gasteiger charge is 2.47. The molecule has 0 aromatic rings. The highest BCUT2D eigenvalue weighted by Crippen LogP contribution is 2.50. The van der Waals surface area contributed by atoms with Gasteiger partial charge in [0.05, 0.1) is 8.07 Å². The van der Waals surface area contributed by atoms with E-state index in [2.05, 4.69) is 33.9 Å². The minimum absolute atomic E-state index is 0.294. The Kier molecular flexibility index (Phi) is 2.69. The van der Waals surface area contributed by atoms with Gasteiger partial charge in [-0.2, -0.15) is 0 Å². The molecular weight excluding hydrogens is 212 g/mol. The molecule has 16 heavy (non-hydrogen) atoms. The Morgan fingerprint density at radius 2 is 1.88 bits per heavy atom. The topological polar surface area (TPSA) is 17.1 Å². The van der Waals surface area contributed by atoms with Crippen molar-refractivity contribution in [3.05, 3.63) is 10.8 Å². The predicted octanol–water partition coefficient (Wildman–Crippen LogP) is 4.10. The second kappa shape index (κ2) is 3.56. The van der Waals surface area contributed by atoms with Crippen molar-refractivity contribution >= 4 is 13.9 Å². The summed E-state index contributed by atoms with van der Waals surface area (Å²) in [5.41, 5.74) is 1.57. The van der Waals surface area contributed by atoms with Crippen molar-refractivity contribution in [3.63, 3.8) is 0 Å². The van der Waals surface area contributed by atoms with E-state index in [4.69, 9.17) is 0 Å². The third-order valence-electron chi connectivity index (χ3n) is 5.02. The van der Waals surface area contributed by atoms with Crippen LogP contribution in [-0.2, 0) is 4.79 Å². The van der Waals surface area contributed by atoms with Gasteiger partial charge in [-0.15, -0.1) is 0 Å². The maximum absolute atomic E-state index is 12.3. The summed E-state index contributed by atoms with van der Waals surface area (Å²) in [5.74, 6) is 1.13. The molecule has 2 aliphatic carbocycles. The molecule has 0 aliphatic heterocycles. The Labute approximate surface area is 100 Å². The normalized spacial score (nSPS) is 26.6. The van der Waals surface area contributed by atoms with Crippen molar-refractivity contribution in [2.45, 2.75) is 64.6 Å². The molecule has 2 aliphatic rings. The third kappa shape index (κ3) is 1.62. The summed E-state index contributed by atoms with van der Waals surface area (Å²) < 4.78 is 0. The molecule has 1 atom stereocenters. The highest BCUT2D eigenvalue weighted by atomic mass is 28.3. The summed E-state index contributed by atoms with van der Waals surface area (Å²) in [7, 11) is -1.59. The van der Waals surface area contributed by atoms with Gasteiger partial charge in [-0.25, -0.2) is 0 Å². The van der Waals surface area contributed by atoms with E-state index in [1.54, 1.807) is 5.57 Å². The lowest BCUT2D eigenvalue weighted by Crippen LogP contribution is -2.42. The average Bonchev–Trinajstić information content (AvgIpc) is 2.59. The lowest BCUT2D eigenvalue weighted by Gasteiger charge is -2.38. The van der Waals surface area contributed by atoms with Crippen LogP contribution in [0.15, 0.2) is 10.8 Å². The van der Waals surface area contributed by atoms with E-state index in [1.165, 1.54) is 24.5 Å². The quantitative estimate of drug-likeness (QED) is 0.626.